The lowest BCUT2D eigenvalue weighted by atomic mass is 10.1. The molecule has 0 spiro atoms. The molecule has 2 heterocycles. The van der Waals surface area contributed by atoms with Gasteiger partial charge in [-0.2, -0.15) is 0 Å². The van der Waals surface area contributed by atoms with Crippen LogP contribution in [0.4, 0.5) is 0 Å². The van der Waals surface area contributed by atoms with Crippen LogP contribution in [-0.4, -0.2) is 62.9 Å². The van der Waals surface area contributed by atoms with Gasteiger partial charge >= 0.3 is 0 Å². The second-order valence-electron chi connectivity index (χ2n) is 7.29. The number of rotatable bonds is 5. The van der Waals surface area contributed by atoms with Gasteiger partial charge in [-0.1, -0.05) is 0 Å². The molecule has 1 N–H and O–H groups in total. The Balaban J connectivity index is 1.38. The zero-order chi connectivity index (χ0) is 17.4. The number of benzene rings is 1. The van der Waals surface area contributed by atoms with Crippen LogP contribution in [0.1, 0.15) is 29.6 Å². The van der Waals surface area contributed by atoms with E-state index in [9.17, 15) is 4.79 Å². The minimum absolute atomic E-state index is 0.0935. The summed E-state index contributed by atoms with van der Waals surface area (Å²) in [6.45, 7) is 2.70. The molecule has 136 valence electrons. The van der Waals surface area contributed by atoms with Crippen LogP contribution in [0.15, 0.2) is 18.2 Å². The minimum atomic E-state index is -0.0935. The van der Waals surface area contributed by atoms with Gasteiger partial charge in [0.25, 0.3) is 5.91 Å². The van der Waals surface area contributed by atoms with Gasteiger partial charge in [0, 0.05) is 31.2 Å². The van der Waals surface area contributed by atoms with Gasteiger partial charge in [-0.25, -0.2) is 0 Å². The fraction of sp³-hybridized carbons (Fsp3) is 0.632. The van der Waals surface area contributed by atoms with E-state index in [1.807, 2.05) is 0 Å². The lowest BCUT2D eigenvalue weighted by Crippen LogP contribution is -2.47. The molecule has 6 heteroatoms. The average Bonchev–Trinajstić information content (AvgIpc) is 3.41. The summed E-state index contributed by atoms with van der Waals surface area (Å²) in [5, 5.41) is 3.17. The number of morpholine rings is 1. The van der Waals surface area contributed by atoms with Gasteiger partial charge in [0.05, 0.1) is 32.5 Å². The van der Waals surface area contributed by atoms with Crippen LogP contribution in [0, 0.1) is 5.92 Å². The first kappa shape index (κ1) is 16.7. The number of methoxy groups -OCH3 is 2. The molecule has 0 radical (unpaired) electrons. The maximum Gasteiger partial charge on any atom is 0.255 e. The molecule has 1 aromatic rings. The normalized spacial score (nSPS) is 29.1. The van der Waals surface area contributed by atoms with Gasteiger partial charge in [-0.3, -0.25) is 9.69 Å². The largest absolute Gasteiger partial charge is 0.497 e. The molecule has 25 heavy (non-hydrogen) atoms. The number of hydrogen-bond donors (Lipinski definition) is 1. The summed E-state index contributed by atoms with van der Waals surface area (Å²) in [5.74, 6) is 1.88. The number of fused-ring (bicyclic) bond motifs is 1. The molecule has 3 atom stereocenters. The molecule has 1 amide bonds. The maximum atomic E-state index is 12.7. The topological polar surface area (TPSA) is 60.0 Å². The van der Waals surface area contributed by atoms with Crippen molar-refractivity contribution in [2.75, 3.05) is 33.9 Å². The molecule has 2 aliphatic heterocycles. The number of amides is 1. The molecule has 2 saturated heterocycles. The van der Waals surface area contributed by atoms with E-state index in [0.717, 1.165) is 32.0 Å². The van der Waals surface area contributed by atoms with Crippen molar-refractivity contribution < 1.29 is 19.0 Å². The number of nitrogens with zero attached hydrogens (tertiary/aromatic N) is 1. The first-order valence-corrected chi connectivity index (χ1v) is 9.06. The van der Waals surface area contributed by atoms with E-state index in [0.29, 0.717) is 29.2 Å². The van der Waals surface area contributed by atoms with Crippen LogP contribution in [0.25, 0.3) is 0 Å². The smallest absolute Gasteiger partial charge is 0.255 e. The third-order valence-electron chi connectivity index (χ3n) is 5.58. The van der Waals surface area contributed by atoms with Crippen molar-refractivity contribution in [1.82, 2.24) is 10.2 Å². The first-order valence-electron chi connectivity index (χ1n) is 9.06. The van der Waals surface area contributed by atoms with Crippen LogP contribution >= 0.6 is 0 Å². The van der Waals surface area contributed by atoms with Gasteiger partial charge in [0.1, 0.15) is 11.5 Å². The molecule has 4 rings (SSSR count). The number of carbonyl (C=O) groups is 1. The molecule has 1 aliphatic carbocycles. The lowest BCUT2D eigenvalue weighted by Gasteiger charge is -2.35. The summed E-state index contributed by atoms with van der Waals surface area (Å²) < 4.78 is 16.6. The van der Waals surface area contributed by atoms with Crippen molar-refractivity contribution in [3.05, 3.63) is 23.8 Å². The molecule has 1 aromatic carbocycles. The third kappa shape index (κ3) is 3.46. The van der Waals surface area contributed by atoms with E-state index in [-0.39, 0.29) is 11.9 Å². The molecule has 3 aliphatic rings. The van der Waals surface area contributed by atoms with Crippen LogP contribution < -0.4 is 14.8 Å². The van der Waals surface area contributed by atoms with Gasteiger partial charge in [-0.05, 0) is 37.3 Å². The number of ether oxygens (including phenoxy) is 3. The number of nitrogens with one attached hydrogen (secondary N) is 1. The van der Waals surface area contributed by atoms with E-state index >= 15 is 0 Å². The monoisotopic (exact) mass is 346 g/mol. The Morgan fingerprint density at radius 3 is 2.80 bits per heavy atom. The Bertz CT molecular complexity index is 646. The fourth-order valence-corrected chi connectivity index (χ4v) is 4.01. The van der Waals surface area contributed by atoms with Crippen molar-refractivity contribution >= 4 is 5.91 Å². The summed E-state index contributed by atoms with van der Waals surface area (Å²) in [4.78, 5) is 15.2. The summed E-state index contributed by atoms with van der Waals surface area (Å²) in [6.07, 6.45) is 3.95. The second kappa shape index (κ2) is 6.84. The third-order valence-corrected chi connectivity index (χ3v) is 5.58. The zero-order valence-electron chi connectivity index (χ0n) is 14.9. The maximum absolute atomic E-state index is 12.7. The SMILES string of the molecule is COc1ccc(C(=O)N[C@H]2C[C@H]3CO[C@H](C4CC4)CN3C2)c(OC)c1. The van der Waals surface area contributed by atoms with Gasteiger partial charge < -0.3 is 19.5 Å². The van der Waals surface area contributed by atoms with Gasteiger partial charge in [-0.15, -0.1) is 0 Å². The predicted molar refractivity (Wildman–Crippen MR) is 93.2 cm³/mol. The lowest BCUT2D eigenvalue weighted by molar-refractivity contribution is -0.0581. The molecule has 3 fully saturated rings. The van der Waals surface area contributed by atoms with Crippen LogP contribution in [0.3, 0.4) is 0 Å². The summed E-state index contributed by atoms with van der Waals surface area (Å²) in [7, 11) is 3.16. The van der Waals surface area contributed by atoms with Crippen molar-refractivity contribution in [2.24, 2.45) is 5.92 Å². The highest BCUT2D eigenvalue weighted by atomic mass is 16.5. The van der Waals surface area contributed by atoms with E-state index in [2.05, 4.69) is 10.2 Å². The molecule has 0 bridgehead atoms. The highest BCUT2D eigenvalue weighted by Gasteiger charge is 2.42. The number of carbonyl (C=O) groups excluding carboxylic acids is 1. The van der Waals surface area contributed by atoms with E-state index < -0.39 is 0 Å². The van der Waals surface area contributed by atoms with Crippen molar-refractivity contribution in [1.29, 1.82) is 0 Å². The molecule has 1 saturated carbocycles. The Kier molecular flexibility index (Phi) is 4.56. The number of hydrogen-bond acceptors (Lipinski definition) is 5. The molecule has 0 aromatic heterocycles. The Morgan fingerprint density at radius 2 is 2.08 bits per heavy atom. The molecule has 6 nitrogen and oxygen atoms in total. The molecular formula is C19H26N2O4. The van der Waals surface area contributed by atoms with E-state index in [1.54, 1.807) is 32.4 Å². The first-order chi connectivity index (χ1) is 12.2. The van der Waals surface area contributed by atoms with E-state index in [4.69, 9.17) is 14.2 Å². The fourth-order valence-electron chi connectivity index (χ4n) is 4.01. The van der Waals surface area contributed by atoms with Crippen LogP contribution in [0.5, 0.6) is 11.5 Å². The standard InChI is InChI=1S/C19H26N2O4/c1-23-15-5-6-16(17(8-15)24-2)19(22)20-13-7-14-11-25-18(12-3-4-12)10-21(14)9-13/h5-6,8,12-14,18H,3-4,7,9-11H2,1-2H3,(H,20,22)/t13-,14-,18-/m0/s1. The second-order valence-corrected chi connectivity index (χ2v) is 7.29. The highest BCUT2D eigenvalue weighted by molar-refractivity contribution is 5.97. The van der Waals surface area contributed by atoms with Crippen molar-refractivity contribution in [2.45, 2.75) is 37.5 Å². The van der Waals surface area contributed by atoms with Crippen LogP contribution in [0.2, 0.25) is 0 Å². The van der Waals surface area contributed by atoms with Gasteiger partial charge in [0.15, 0.2) is 0 Å². The Labute approximate surface area is 148 Å². The molecule has 0 unspecified atom stereocenters. The summed E-state index contributed by atoms with van der Waals surface area (Å²) >= 11 is 0. The Hall–Kier alpha value is -1.79. The highest BCUT2D eigenvalue weighted by Crippen LogP contribution is 2.38. The zero-order valence-corrected chi connectivity index (χ0v) is 14.9. The predicted octanol–water partition coefficient (Wildman–Crippen LogP) is 1.69. The summed E-state index contributed by atoms with van der Waals surface area (Å²) in [5.41, 5.74) is 0.542. The molecular weight excluding hydrogens is 320 g/mol. The average molecular weight is 346 g/mol. The van der Waals surface area contributed by atoms with Crippen molar-refractivity contribution in [3.63, 3.8) is 0 Å². The minimum Gasteiger partial charge on any atom is -0.497 e. The van der Waals surface area contributed by atoms with Crippen molar-refractivity contribution in [3.8, 4) is 11.5 Å². The van der Waals surface area contributed by atoms with Crippen LogP contribution in [-0.2, 0) is 4.74 Å². The summed E-state index contributed by atoms with van der Waals surface area (Å²) in [6, 6.07) is 5.86. The Morgan fingerprint density at radius 1 is 1.24 bits per heavy atom. The quantitative estimate of drug-likeness (QED) is 0.879. The van der Waals surface area contributed by atoms with E-state index in [1.165, 1.54) is 12.8 Å². The van der Waals surface area contributed by atoms with Gasteiger partial charge in [0.2, 0.25) is 0 Å².